The number of nitrogens with one attached hydrogen (secondary N) is 4. The lowest BCUT2D eigenvalue weighted by Crippen LogP contribution is -2.57. The van der Waals surface area contributed by atoms with E-state index in [2.05, 4.69) is 21.3 Å². The van der Waals surface area contributed by atoms with E-state index in [1.807, 2.05) is 84.9 Å². The highest BCUT2D eigenvalue weighted by Crippen LogP contribution is 2.44. The molecule has 0 saturated heterocycles. The van der Waals surface area contributed by atoms with Crippen LogP contribution in [0.2, 0.25) is 0 Å². The van der Waals surface area contributed by atoms with Crippen LogP contribution in [0.4, 0.5) is 9.59 Å². The fourth-order valence-corrected chi connectivity index (χ4v) is 6.68. The molecular formula is C44H50N4O8. The van der Waals surface area contributed by atoms with Crippen LogP contribution in [0.3, 0.4) is 0 Å². The van der Waals surface area contributed by atoms with Crippen molar-refractivity contribution < 1.29 is 38.6 Å². The predicted octanol–water partition coefficient (Wildman–Crippen LogP) is 6.13. The van der Waals surface area contributed by atoms with E-state index in [1.54, 1.807) is 45.0 Å². The highest BCUT2D eigenvalue weighted by atomic mass is 16.6. The SMILES string of the molecule is CC(C)(C)OC(=O)NCCCC[C@H](NC(=O)[C@H](Cc1ccccc1)NC(=O)[C@@H](Cc1ccccc1)NC(=O)OCC1c2ccccc2-c2ccccc21)C(=O)O. The minimum Gasteiger partial charge on any atom is -0.480 e. The number of carboxylic acids is 1. The second-order valence-electron chi connectivity index (χ2n) is 14.8. The van der Waals surface area contributed by atoms with Gasteiger partial charge in [-0.3, -0.25) is 9.59 Å². The Bertz CT molecular complexity index is 1920. The van der Waals surface area contributed by atoms with Crippen molar-refractivity contribution in [3.05, 3.63) is 131 Å². The largest absolute Gasteiger partial charge is 0.480 e. The molecule has 294 valence electrons. The first-order chi connectivity index (χ1) is 26.9. The Labute approximate surface area is 327 Å². The molecule has 0 aliphatic heterocycles. The Balaban J connectivity index is 1.25. The van der Waals surface area contributed by atoms with Crippen LogP contribution < -0.4 is 21.3 Å². The molecule has 5 rings (SSSR count). The Kier molecular flexibility index (Phi) is 14.2. The normalized spacial score (nSPS) is 13.6. The molecule has 0 unspecified atom stereocenters. The monoisotopic (exact) mass is 762 g/mol. The van der Waals surface area contributed by atoms with Gasteiger partial charge in [-0.1, -0.05) is 109 Å². The fourth-order valence-electron chi connectivity index (χ4n) is 6.68. The summed E-state index contributed by atoms with van der Waals surface area (Å²) in [7, 11) is 0. The van der Waals surface area contributed by atoms with E-state index >= 15 is 0 Å². The van der Waals surface area contributed by atoms with Gasteiger partial charge >= 0.3 is 18.2 Å². The van der Waals surface area contributed by atoms with Gasteiger partial charge in [0, 0.05) is 25.3 Å². The van der Waals surface area contributed by atoms with Gasteiger partial charge in [0.05, 0.1) is 0 Å². The summed E-state index contributed by atoms with van der Waals surface area (Å²) >= 11 is 0. The number of carbonyl (C=O) groups excluding carboxylic acids is 4. The van der Waals surface area contributed by atoms with Gasteiger partial charge < -0.3 is 35.8 Å². The molecule has 0 spiro atoms. The number of ether oxygens (including phenoxy) is 2. The zero-order valence-electron chi connectivity index (χ0n) is 32.0. The van der Waals surface area contributed by atoms with Crippen molar-refractivity contribution in [2.24, 2.45) is 0 Å². The zero-order valence-corrected chi connectivity index (χ0v) is 32.0. The molecule has 12 nitrogen and oxygen atoms in total. The molecule has 0 heterocycles. The lowest BCUT2D eigenvalue weighted by molar-refractivity contribution is -0.142. The first kappa shape index (κ1) is 41.0. The molecule has 4 amide bonds. The van der Waals surface area contributed by atoms with Crippen LogP contribution in [0.5, 0.6) is 0 Å². The smallest absolute Gasteiger partial charge is 0.407 e. The second kappa shape index (κ2) is 19.4. The summed E-state index contributed by atoms with van der Waals surface area (Å²) in [6.45, 7) is 5.58. The van der Waals surface area contributed by atoms with E-state index in [0.29, 0.717) is 12.8 Å². The molecule has 0 bridgehead atoms. The van der Waals surface area contributed by atoms with E-state index in [1.165, 1.54) is 0 Å². The lowest BCUT2D eigenvalue weighted by Gasteiger charge is -2.25. The highest BCUT2D eigenvalue weighted by Gasteiger charge is 2.32. The molecule has 4 aromatic rings. The topological polar surface area (TPSA) is 172 Å². The van der Waals surface area contributed by atoms with Crippen LogP contribution in [0, 0.1) is 0 Å². The summed E-state index contributed by atoms with van der Waals surface area (Å²) in [5.74, 6) is -2.75. The van der Waals surface area contributed by atoms with E-state index in [-0.39, 0.29) is 38.3 Å². The molecule has 0 aromatic heterocycles. The number of amides is 4. The van der Waals surface area contributed by atoms with Gasteiger partial charge in [-0.15, -0.1) is 0 Å². The summed E-state index contributed by atoms with van der Waals surface area (Å²) in [4.78, 5) is 65.5. The maximum absolute atomic E-state index is 14.1. The average molecular weight is 763 g/mol. The fraction of sp³-hybridized carbons (Fsp3) is 0.341. The van der Waals surface area contributed by atoms with Gasteiger partial charge in [-0.25, -0.2) is 14.4 Å². The van der Waals surface area contributed by atoms with Crippen LogP contribution in [0.15, 0.2) is 109 Å². The Hall–Kier alpha value is -6.17. The number of unbranched alkanes of at least 4 members (excludes halogenated alkanes) is 1. The van der Waals surface area contributed by atoms with Crippen molar-refractivity contribution in [3.8, 4) is 11.1 Å². The van der Waals surface area contributed by atoms with Crippen molar-refractivity contribution in [1.29, 1.82) is 0 Å². The van der Waals surface area contributed by atoms with Crippen LogP contribution in [-0.4, -0.2) is 72.0 Å². The highest BCUT2D eigenvalue weighted by molar-refractivity contribution is 5.93. The summed E-state index contributed by atoms with van der Waals surface area (Å²) in [5, 5.41) is 20.7. The van der Waals surface area contributed by atoms with Crippen LogP contribution in [0.25, 0.3) is 11.1 Å². The van der Waals surface area contributed by atoms with E-state index < -0.39 is 53.7 Å². The molecule has 56 heavy (non-hydrogen) atoms. The third kappa shape index (κ3) is 11.9. The number of hydrogen-bond acceptors (Lipinski definition) is 7. The van der Waals surface area contributed by atoms with Crippen LogP contribution in [-0.2, 0) is 36.7 Å². The first-order valence-electron chi connectivity index (χ1n) is 18.9. The summed E-state index contributed by atoms with van der Waals surface area (Å²) in [5.41, 5.74) is 5.12. The molecule has 3 atom stereocenters. The maximum Gasteiger partial charge on any atom is 0.407 e. The van der Waals surface area contributed by atoms with E-state index in [4.69, 9.17) is 9.47 Å². The van der Waals surface area contributed by atoms with Gasteiger partial charge in [0.1, 0.15) is 30.3 Å². The molecule has 5 N–H and O–H groups in total. The van der Waals surface area contributed by atoms with Crippen LogP contribution >= 0.6 is 0 Å². The molecule has 4 aromatic carbocycles. The third-order valence-electron chi connectivity index (χ3n) is 9.35. The molecule has 12 heteroatoms. The number of rotatable bonds is 17. The number of benzene rings is 4. The minimum absolute atomic E-state index is 0.0478. The molecule has 1 aliphatic rings. The van der Waals surface area contributed by atoms with Gasteiger partial charge in [-0.2, -0.15) is 0 Å². The minimum atomic E-state index is -1.25. The molecular weight excluding hydrogens is 713 g/mol. The molecule has 0 fully saturated rings. The number of carboxylic acid groups (broad SMARTS) is 1. The molecule has 0 saturated carbocycles. The number of hydrogen-bond donors (Lipinski definition) is 5. The number of carbonyl (C=O) groups is 5. The van der Waals surface area contributed by atoms with Gasteiger partial charge in [0.15, 0.2) is 0 Å². The van der Waals surface area contributed by atoms with Gasteiger partial charge in [-0.05, 0) is 73.4 Å². The van der Waals surface area contributed by atoms with Gasteiger partial charge in [0.2, 0.25) is 11.8 Å². The van der Waals surface area contributed by atoms with Crippen molar-refractivity contribution in [2.45, 2.75) is 82.5 Å². The number of fused-ring (bicyclic) bond motifs is 3. The zero-order chi connectivity index (χ0) is 40.1. The van der Waals surface area contributed by atoms with Gasteiger partial charge in [0.25, 0.3) is 0 Å². The molecule has 0 radical (unpaired) electrons. The summed E-state index contributed by atoms with van der Waals surface area (Å²) in [6.07, 6.45) is -0.280. The standard InChI is InChI=1S/C44H50N4O8/c1-44(2,3)56-42(53)45-25-15-14-24-36(41(51)52)46-39(49)37(26-29-16-6-4-7-17-29)47-40(50)38(27-30-18-8-5-9-19-30)48-43(54)55-28-35-33-22-12-10-20-31(33)32-21-11-13-23-34(32)35/h4-13,16-23,35-38H,14-15,24-28H2,1-3H3,(H,45,53)(H,46,49)(H,47,50)(H,48,54)(H,51,52)/t36-,37-,38+/m0/s1. The maximum atomic E-state index is 14.1. The van der Waals surface area contributed by atoms with E-state index in [0.717, 1.165) is 33.4 Å². The Morgan fingerprint density at radius 2 is 1.11 bits per heavy atom. The van der Waals surface area contributed by atoms with Crippen molar-refractivity contribution >= 4 is 30.0 Å². The predicted molar refractivity (Wildman–Crippen MR) is 212 cm³/mol. The Morgan fingerprint density at radius 1 is 0.625 bits per heavy atom. The third-order valence-corrected chi connectivity index (χ3v) is 9.35. The average Bonchev–Trinajstić information content (AvgIpc) is 3.49. The second-order valence-corrected chi connectivity index (χ2v) is 14.8. The molecule has 1 aliphatic carbocycles. The number of aliphatic carboxylic acids is 1. The summed E-state index contributed by atoms with van der Waals surface area (Å²) < 4.78 is 11.0. The van der Waals surface area contributed by atoms with Crippen LogP contribution in [0.1, 0.15) is 68.2 Å². The lowest BCUT2D eigenvalue weighted by atomic mass is 9.98. The summed E-state index contributed by atoms with van der Waals surface area (Å²) in [6, 6.07) is 30.6. The first-order valence-corrected chi connectivity index (χ1v) is 18.9. The van der Waals surface area contributed by atoms with Crippen molar-refractivity contribution in [1.82, 2.24) is 21.3 Å². The number of alkyl carbamates (subject to hydrolysis) is 2. The Morgan fingerprint density at radius 3 is 1.62 bits per heavy atom. The van der Waals surface area contributed by atoms with E-state index in [9.17, 15) is 29.1 Å². The van der Waals surface area contributed by atoms with Crippen molar-refractivity contribution in [2.75, 3.05) is 13.2 Å². The quantitative estimate of drug-likeness (QED) is 0.0800. The van der Waals surface area contributed by atoms with Crippen molar-refractivity contribution in [3.63, 3.8) is 0 Å².